The van der Waals surface area contributed by atoms with E-state index in [0.717, 1.165) is 27.0 Å². The minimum atomic E-state index is 0.538. The Kier molecular flexibility index (Phi) is 3.27. The third-order valence-electron chi connectivity index (χ3n) is 2.82. The summed E-state index contributed by atoms with van der Waals surface area (Å²) in [5.41, 5.74) is 8.34. The highest BCUT2D eigenvalue weighted by Crippen LogP contribution is 2.24. The summed E-state index contributed by atoms with van der Waals surface area (Å²) in [5.74, 6) is 0.846. The molecule has 0 aliphatic rings. The molecule has 6 heteroatoms. The minimum Gasteiger partial charge on any atom is -0.329 e. The second kappa shape index (κ2) is 5.07. The fourth-order valence-corrected chi connectivity index (χ4v) is 2.36. The molecule has 0 saturated carbocycles. The van der Waals surface area contributed by atoms with Crippen LogP contribution in [0.3, 0.4) is 0 Å². The molecule has 5 nitrogen and oxygen atoms in total. The molecule has 0 amide bonds. The van der Waals surface area contributed by atoms with E-state index in [0.29, 0.717) is 13.1 Å². The zero-order chi connectivity index (χ0) is 13.2. The van der Waals surface area contributed by atoms with Crippen LogP contribution >= 0.6 is 15.9 Å². The summed E-state index contributed by atoms with van der Waals surface area (Å²) in [6.45, 7) is 1.21. The predicted molar refractivity (Wildman–Crippen MR) is 77.5 cm³/mol. The summed E-state index contributed by atoms with van der Waals surface area (Å²) in [4.78, 5) is 13.2. The molecule has 19 heavy (non-hydrogen) atoms. The molecule has 0 bridgehead atoms. The Bertz CT molecular complexity index is 708. The fourth-order valence-electron chi connectivity index (χ4n) is 2.04. The lowest BCUT2D eigenvalue weighted by Gasteiger charge is -2.06. The SMILES string of the molecule is NCCn1c(-c2cccnc2)nc2cc(Br)cnc21. The standard InChI is InChI=1S/C13H12BrN5/c14-10-6-11-13(17-8-10)19(5-3-15)12(18-11)9-2-1-4-16-7-9/h1-2,4,6-8H,3,5,15H2. The van der Waals surface area contributed by atoms with Gasteiger partial charge in [-0.3, -0.25) is 4.98 Å². The van der Waals surface area contributed by atoms with E-state index in [2.05, 4.69) is 30.9 Å². The average Bonchev–Trinajstić information content (AvgIpc) is 2.78. The van der Waals surface area contributed by atoms with E-state index in [1.807, 2.05) is 22.8 Å². The number of imidazole rings is 1. The summed E-state index contributed by atoms with van der Waals surface area (Å²) in [6, 6.07) is 5.83. The van der Waals surface area contributed by atoms with Crippen LogP contribution in [-0.2, 0) is 6.54 Å². The van der Waals surface area contributed by atoms with E-state index >= 15 is 0 Å². The molecule has 0 unspecified atom stereocenters. The van der Waals surface area contributed by atoms with Gasteiger partial charge in [-0.1, -0.05) is 0 Å². The first-order valence-electron chi connectivity index (χ1n) is 5.92. The largest absolute Gasteiger partial charge is 0.329 e. The summed E-state index contributed by atoms with van der Waals surface area (Å²) < 4.78 is 2.94. The van der Waals surface area contributed by atoms with Crippen molar-refractivity contribution in [2.75, 3.05) is 6.54 Å². The number of nitrogens with zero attached hydrogens (tertiary/aromatic N) is 4. The van der Waals surface area contributed by atoms with Crippen LogP contribution in [0.5, 0.6) is 0 Å². The smallest absolute Gasteiger partial charge is 0.160 e. The molecule has 0 fully saturated rings. The van der Waals surface area contributed by atoms with Gasteiger partial charge in [0.05, 0.1) is 0 Å². The number of nitrogens with two attached hydrogens (primary N) is 1. The molecule has 0 saturated heterocycles. The average molecular weight is 318 g/mol. The molecule has 3 rings (SSSR count). The minimum absolute atomic E-state index is 0.538. The Balaban J connectivity index is 2.26. The molecule has 0 aromatic carbocycles. The van der Waals surface area contributed by atoms with Gasteiger partial charge in [-0.2, -0.15) is 0 Å². The zero-order valence-corrected chi connectivity index (χ0v) is 11.7. The molecule has 0 aliphatic heterocycles. The summed E-state index contributed by atoms with van der Waals surface area (Å²) in [5, 5.41) is 0. The Morgan fingerprint density at radius 2 is 2.21 bits per heavy atom. The molecule has 0 spiro atoms. The van der Waals surface area contributed by atoms with E-state index < -0.39 is 0 Å². The highest BCUT2D eigenvalue weighted by atomic mass is 79.9. The quantitative estimate of drug-likeness (QED) is 0.804. The Hall–Kier alpha value is -1.79. The molecule has 3 aromatic rings. The summed E-state index contributed by atoms with van der Waals surface area (Å²) in [6.07, 6.45) is 5.31. The summed E-state index contributed by atoms with van der Waals surface area (Å²) in [7, 11) is 0. The van der Waals surface area contributed by atoms with Crippen LogP contribution in [0, 0.1) is 0 Å². The van der Waals surface area contributed by atoms with Gasteiger partial charge in [0, 0.05) is 41.7 Å². The molecule has 0 atom stereocenters. The molecule has 2 N–H and O–H groups in total. The van der Waals surface area contributed by atoms with E-state index in [1.165, 1.54) is 0 Å². The Morgan fingerprint density at radius 3 is 2.95 bits per heavy atom. The number of halogens is 1. The van der Waals surface area contributed by atoms with Crippen molar-refractivity contribution in [2.24, 2.45) is 5.73 Å². The third-order valence-corrected chi connectivity index (χ3v) is 3.26. The highest BCUT2D eigenvalue weighted by Gasteiger charge is 2.13. The lowest BCUT2D eigenvalue weighted by atomic mass is 10.3. The van der Waals surface area contributed by atoms with Gasteiger partial charge in [0.1, 0.15) is 11.3 Å². The maximum atomic E-state index is 5.69. The summed E-state index contributed by atoms with van der Waals surface area (Å²) >= 11 is 3.41. The van der Waals surface area contributed by atoms with Crippen molar-refractivity contribution in [3.05, 3.63) is 41.3 Å². The van der Waals surface area contributed by atoms with Crippen LogP contribution in [0.2, 0.25) is 0 Å². The first-order valence-corrected chi connectivity index (χ1v) is 6.71. The monoisotopic (exact) mass is 317 g/mol. The Labute approximate surface area is 118 Å². The number of hydrogen-bond donors (Lipinski definition) is 1. The molecule has 0 radical (unpaired) electrons. The van der Waals surface area contributed by atoms with Gasteiger partial charge >= 0.3 is 0 Å². The van der Waals surface area contributed by atoms with Gasteiger partial charge in [-0.15, -0.1) is 0 Å². The number of pyridine rings is 2. The van der Waals surface area contributed by atoms with Crippen LogP contribution < -0.4 is 5.73 Å². The predicted octanol–water partition coefficient (Wildman–Crippen LogP) is 2.21. The van der Waals surface area contributed by atoms with Crippen molar-refractivity contribution in [3.63, 3.8) is 0 Å². The van der Waals surface area contributed by atoms with Crippen LogP contribution in [-0.4, -0.2) is 26.1 Å². The van der Waals surface area contributed by atoms with Crippen LogP contribution in [0.15, 0.2) is 41.3 Å². The molecular weight excluding hydrogens is 306 g/mol. The van der Waals surface area contributed by atoms with Crippen molar-refractivity contribution in [1.29, 1.82) is 0 Å². The first-order chi connectivity index (χ1) is 9.29. The number of rotatable bonds is 3. The van der Waals surface area contributed by atoms with Gasteiger partial charge in [0.25, 0.3) is 0 Å². The lowest BCUT2D eigenvalue weighted by molar-refractivity contribution is 0.729. The maximum Gasteiger partial charge on any atom is 0.160 e. The second-order valence-electron chi connectivity index (χ2n) is 4.11. The molecule has 0 aliphatic carbocycles. The molecule has 3 heterocycles. The zero-order valence-electron chi connectivity index (χ0n) is 10.1. The van der Waals surface area contributed by atoms with Gasteiger partial charge in [-0.25, -0.2) is 9.97 Å². The van der Waals surface area contributed by atoms with E-state index in [4.69, 9.17) is 5.73 Å². The van der Waals surface area contributed by atoms with Crippen molar-refractivity contribution < 1.29 is 0 Å². The number of fused-ring (bicyclic) bond motifs is 1. The van der Waals surface area contributed by atoms with Gasteiger partial charge in [-0.05, 0) is 34.1 Å². The maximum absolute atomic E-state index is 5.69. The molecular formula is C13H12BrN5. The van der Waals surface area contributed by atoms with Crippen LogP contribution in [0.1, 0.15) is 0 Å². The topological polar surface area (TPSA) is 69.6 Å². The van der Waals surface area contributed by atoms with Gasteiger partial charge in [0.15, 0.2) is 5.65 Å². The van der Waals surface area contributed by atoms with Gasteiger partial charge < -0.3 is 10.3 Å². The fraction of sp³-hybridized carbons (Fsp3) is 0.154. The van der Waals surface area contributed by atoms with Crippen molar-refractivity contribution in [2.45, 2.75) is 6.54 Å². The lowest BCUT2D eigenvalue weighted by Crippen LogP contribution is -2.11. The van der Waals surface area contributed by atoms with Crippen LogP contribution in [0.25, 0.3) is 22.6 Å². The first kappa shape index (κ1) is 12.3. The van der Waals surface area contributed by atoms with E-state index in [1.54, 1.807) is 18.6 Å². The number of hydrogen-bond acceptors (Lipinski definition) is 4. The van der Waals surface area contributed by atoms with Crippen LogP contribution in [0.4, 0.5) is 0 Å². The third kappa shape index (κ3) is 2.24. The van der Waals surface area contributed by atoms with Crippen molar-refractivity contribution in [1.82, 2.24) is 19.5 Å². The highest BCUT2D eigenvalue weighted by molar-refractivity contribution is 9.10. The normalized spacial score (nSPS) is 11.1. The second-order valence-corrected chi connectivity index (χ2v) is 5.03. The molecule has 3 aromatic heterocycles. The van der Waals surface area contributed by atoms with Crippen molar-refractivity contribution >= 4 is 27.1 Å². The number of aromatic nitrogens is 4. The van der Waals surface area contributed by atoms with E-state index in [-0.39, 0.29) is 0 Å². The van der Waals surface area contributed by atoms with E-state index in [9.17, 15) is 0 Å². The van der Waals surface area contributed by atoms with Crippen molar-refractivity contribution in [3.8, 4) is 11.4 Å². The van der Waals surface area contributed by atoms with Gasteiger partial charge in [0.2, 0.25) is 0 Å². The molecule has 96 valence electrons. The Morgan fingerprint density at radius 1 is 1.32 bits per heavy atom.